The van der Waals surface area contributed by atoms with E-state index in [1.807, 2.05) is 0 Å². The van der Waals surface area contributed by atoms with Crippen molar-refractivity contribution in [3.63, 3.8) is 0 Å². The van der Waals surface area contributed by atoms with Gasteiger partial charge in [0.25, 0.3) is 0 Å². The largest absolute Gasteiger partial charge is 0.317 e. The second-order valence-corrected chi connectivity index (χ2v) is 5.32. The lowest BCUT2D eigenvalue weighted by Crippen LogP contribution is -2.41. The molecule has 1 aliphatic heterocycles. The first-order chi connectivity index (χ1) is 8.81. The average molecular weight is 246 g/mol. The maximum Gasteiger partial charge on any atom is 0.00884 e. The molecule has 1 aromatic rings. The van der Waals surface area contributed by atoms with E-state index < -0.39 is 0 Å². The van der Waals surface area contributed by atoms with E-state index in [1.165, 1.54) is 50.0 Å². The number of nitrogens with one attached hydrogen (secondary N) is 1. The minimum atomic E-state index is 0.741. The van der Waals surface area contributed by atoms with Gasteiger partial charge in [0.15, 0.2) is 0 Å². The Bertz CT molecular complexity index is 337. The van der Waals surface area contributed by atoms with Crippen LogP contribution in [0.3, 0.4) is 0 Å². The molecule has 0 aromatic heterocycles. The van der Waals surface area contributed by atoms with E-state index in [2.05, 4.69) is 48.5 Å². The lowest BCUT2D eigenvalue weighted by Gasteiger charge is -2.31. The predicted octanol–water partition coefficient (Wildman–Crippen LogP) is 2.48. The van der Waals surface area contributed by atoms with Gasteiger partial charge in [-0.1, -0.05) is 31.2 Å². The monoisotopic (exact) mass is 246 g/mol. The summed E-state index contributed by atoms with van der Waals surface area (Å²) in [5.41, 5.74) is 2.91. The van der Waals surface area contributed by atoms with Crippen LogP contribution in [0, 0.1) is 0 Å². The SMILES string of the molecule is CCc1ccc(CCN2CCC(NC)CC2)cc1. The fourth-order valence-electron chi connectivity index (χ4n) is 2.67. The number of piperidine rings is 1. The molecule has 1 fully saturated rings. The summed E-state index contributed by atoms with van der Waals surface area (Å²) < 4.78 is 0. The summed E-state index contributed by atoms with van der Waals surface area (Å²) >= 11 is 0. The standard InChI is InChI=1S/C16H26N2/c1-3-14-4-6-15(7-5-14)8-11-18-12-9-16(17-2)10-13-18/h4-7,16-17H,3,8-13H2,1-2H3. The number of hydrogen-bond acceptors (Lipinski definition) is 2. The van der Waals surface area contributed by atoms with Crippen LogP contribution < -0.4 is 5.32 Å². The Morgan fingerprint density at radius 1 is 1.11 bits per heavy atom. The average Bonchev–Trinajstić information content (AvgIpc) is 2.46. The highest BCUT2D eigenvalue weighted by Gasteiger charge is 2.16. The molecule has 1 aliphatic rings. The Hall–Kier alpha value is -0.860. The number of hydrogen-bond donors (Lipinski definition) is 1. The van der Waals surface area contributed by atoms with Gasteiger partial charge in [-0.3, -0.25) is 0 Å². The summed E-state index contributed by atoms with van der Waals surface area (Å²) in [5, 5.41) is 3.38. The first-order valence-electron chi connectivity index (χ1n) is 7.29. The van der Waals surface area contributed by atoms with Gasteiger partial charge in [-0.15, -0.1) is 0 Å². The molecular formula is C16H26N2. The van der Waals surface area contributed by atoms with Gasteiger partial charge in [-0.25, -0.2) is 0 Å². The van der Waals surface area contributed by atoms with Crippen molar-refractivity contribution in [2.24, 2.45) is 0 Å². The first kappa shape index (κ1) is 13.6. The Kier molecular flexibility index (Phi) is 5.21. The third-order valence-corrected chi connectivity index (χ3v) is 4.14. The molecule has 1 heterocycles. The topological polar surface area (TPSA) is 15.3 Å². The lowest BCUT2D eigenvalue weighted by atomic mass is 10.0. The summed E-state index contributed by atoms with van der Waals surface area (Å²) in [4.78, 5) is 2.60. The van der Waals surface area contributed by atoms with Gasteiger partial charge in [0.1, 0.15) is 0 Å². The van der Waals surface area contributed by atoms with E-state index in [-0.39, 0.29) is 0 Å². The minimum Gasteiger partial charge on any atom is -0.317 e. The second-order valence-electron chi connectivity index (χ2n) is 5.32. The molecule has 18 heavy (non-hydrogen) atoms. The van der Waals surface area contributed by atoms with Crippen molar-refractivity contribution in [3.8, 4) is 0 Å². The van der Waals surface area contributed by atoms with E-state index in [0.717, 1.165) is 12.5 Å². The van der Waals surface area contributed by atoms with Crippen LogP contribution in [0.4, 0.5) is 0 Å². The first-order valence-corrected chi connectivity index (χ1v) is 7.29. The molecule has 0 aliphatic carbocycles. The van der Waals surface area contributed by atoms with Gasteiger partial charge in [0, 0.05) is 12.6 Å². The smallest absolute Gasteiger partial charge is 0.00884 e. The summed E-state index contributed by atoms with van der Waals surface area (Å²) in [6.07, 6.45) is 4.92. The number of benzene rings is 1. The van der Waals surface area contributed by atoms with Crippen molar-refractivity contribution in [2.45, 2.75) is 38.6 Å². The van der Waals surface area contributed by atoms with Crippen LogP contribution in [-0.2, 0) is 12.8 Å². The van der Waals surface area contributed by atoms with E-state index in [0.29, 0.717) is 0 Å². The van der Waals surface area contributed by atoms with Crippen LogP contribution in [0.1, 0.15) is 30.9 Å². The van der Waals surface area contributed by atoms with E-state index >= 15 is 0 Å². The van der Waals surface area contributed by atoms with Crippen molar-refractivity contribution >= 4 is 0 Å². The van der Waals surface area contributed by atoms with Crippen molar-refractivity contribution in [3.05, 3.63) is 35.4 Å². The van der Waals surface area contributed by atoms with Crippen LogP contribution in [0.25, 0.3) is 0 Å². The summed E-state index contributed by atoms with van der Waals surface area (Å²) in [6, 6.07) is 9.86. The fraction of sp³-hybridized carbons (Fsp3) is 0.625. The highest BCUT2D eigenvalue weighted by molar-refractivity contribution is 5.22. The molecule has 0 saturated carbocycles. The molecular weight excluding hydrogens is 220 g/mol. The van der Waals surface area contributed by atoms with Gasteiger partial charge in [-0.05, 0) is 56.9 Å². The Morgan fingerprint density at radius 3 is 2.28 bits per heavy atom. The molecule has 0 radical (unpaired) electrons. The molecule has 2 heteroatoms. The zero-order valence-corrected chi connectivity index (χ0v) is 11.8. The van der Waals surface area contributed by atoms with Crippen molar-refractivity contribution in [1.29, 1.82) is 0 Å². The molecule has 1 N–H and O–H groups in total. The van der Waals surface area contributed by atoms with Gasteiger partial charge in [-0.2, -0.15) is 0 Å². The Morgan fingerprint density at radius 2 is 1.72 bits per heavy atom. The van der Waals surface area contributed by atoms with Crippen LogP contribution in [0.5, 0.6) is 0 Å². The molecule has 0 amide bonds. The molecule has 1 saturated heterocycles. The number of aryl methyl sites for hydroxylation is 1. The third kappa shape index (κ3) is 3.82. The molecule has 2 rings (SSSR count). The molecule has 0 unspecified atom stereocenters. The fourth-order valence-corrected chi connectivity index (χ4v) is 2.67. The molecule has 1 aromatic carbocycles. The maximum absolute atomic E-state index is 3.38. The number of rotatable bonds is 5. The normalized spacial score (nSPS) is 18.1. The van der Waals surface area contributed by atoms with Crippen LogP contribution in [0.2, 0.25) is 0 Å². The molecule has 2 nitrogen and oxygen atoms in total. The summed E-state index contributed by atoms with van der Waals surface area (Å²) in [6.45, 7) is 5.92. The maximum atomic E-state index is 3.38. The molecule has 0 atom stereocenters. The van der Waals surface area contributed by atoms with Crippen LogP contribution >= 0.6 is 0 Å². The van der Waals surface area contributed by atoms with Crippen molar-refractivity contribution in [2.75, 3.05) is 26.7 Å². The third-order valence-electron chi connectivity index (χ3n) is 4.14. The summed E-state index contributed by atoms with van der Waals surface area (Å²) in [5.74, 6) is 0. The van der Waals surface area contributed by atoms with Gasteiger partial charge >= 0.3 is 0 Å². The second kappa shape index (κ2) is 6.91. The van der Waals surface area contributed by atoms with E-state index in [9.17, 15) is 0 Å². The van der Waals surface area contributed by atoms with Gasteiger partial charge < -0.3 is 10.2 Å². The quantitative estimate of drug-likeness (QED) is 0.858. The number of nitrogens with zero attached hydrogens (tertiary/aromatic N) is 1. The van der Waals surface area contributed by atoms with Crippen LogP contribution in [0.15, 0.2) is 24.3 Å². The Balaban J connectivity index is 1.74. The van der Waals surface area contributed by atoms with Crippen molar-refractivity contribution < 1.29 is 0 Å². The van der Waals surface area contributed by atoms with Crippen LogP contribution in [-0.4, -0.2) is 37.6 Å². The highest BCUT2D eigenvalue weighted by atomic mass is 15.1. The van der Waals surface area contributed by atoms with E-state index in [4.69, 9.17) is 0 Å². The zero-order valence-electron chi connectivity index (χ0n) is 11.8. The Labute approximate surface area is 111 Å². The molecule has 0 bridgehead atoms. The highest BCUT2D eigenvalue weighted by Crippen LogP contribution is 2.11. The van der Waals surface area contributed by atoms with Crippen molar-refractivity contribution in [1.82, 2.24) is 10.2 Å². The minimum absolute atomic E-state index is 0.741. The molecule has 100 valence electrons. The predicted molar refractivity (Wildman–Crippen MR) is 78.0 cm³/mol. The number of likely N-dealkylation sites (tertiary alicyclic amines) is 1. The summed E-state index contributed by atoms with van der Waals surface area (Å²) in [7, 11) is 2.08. The lowest BCUT2D eigenvalue weighted by molar-refractivity contribution is 0.204. The van der Waals surface area contributed by atoms with Gasteiger partial charge in [0.2, 0.25) is 0 Å². The van der Waals surface area contributed by atoms with E-state index in [1.54, 1.807) is 0 Å². The molecule has 0 spiro atoms. The van der Waals surface area contributed by atoms with Gasteiger partial charge in [0.05, 0.1) is 0 Å². The zero-order chi connectivity index (χ0) is 12.8.